The first-order valence-corrected chi connectivity index (χ1v) is 12.9. The third-order valence-corrected chi connectivity index (χ3v) is 11.5. The molecule has 0 aromatic carbocycles. The number of ether oxygens (including phenoxy) is 4. The van der Waals surface area contributed by atoms with E-state index in [1.807, 2.05) is 7.11 Å². The maximum Gasteiger partial charge on any atom is 0.302 e. The Morgan fingerprint density at radius 2 is 1.94 bits per heavy atom. The lowest BCUT2D eigenvalue weighted by Gasteiger charge is -2.69. The minimum absolute atomic E-state index is 0.0125. The maximum absolute atomic E-state index is 12.5. The quantitative estimate of drug-likeness (QED) is 0.626. The number of fused-ring (bicyclic) bond motifs is 2. The Kier molecular flexibility index (Phi) is 4.93. The summed E-state index contributed by atoms with van der Waals surface area (Å²) in [5.41, 5.74) is -0.707. The van der Waals surface area contributed by atoms with E-state index in [-0.39, 0.29) is 70.7 Å². The molecule has 0 radical (unpaired) electrons. The summed E-state index contributed by atoms with van der Waals surface area (Å²) < 4.78 is 25.3. The largest absolute Gasteiger partial charge is 0.462 e. The van der Waals surface area contributed by atoms with Gasteiger partial charge < -0.3 is 24.1 Å². The summed E-state index contributed by atoms with van der Waals surface area (Å²) in [6.07, 6.45) is 3.09. The number of piperidine rings is 1. The van der Waals surface area contributed by atoms with Crippen LogP contribution in [0.1, 0.15) is 46.5 Å². The fraction of sp³-hybridized carbons (Fsp3) is 0.962. The molecular weight excluding hydrogens is 422 g/mol. The molecule has 1 spiro atoms. The summed E-state index contributed by atoms with van der Waals surface area (Å²) in [4.78, 5) is 15.2. The van der Waals surface area contributed by atoms with Crippen LogP contribution >= 0.6 is 0 Å². The van der Waals surface area contributed by atoms with Crippen LogP contribution in [0.25, 0.3) is 0 Å². The van der Waals surface area contributed by atoms with Crippen LogP contribution in [-0.2, 0) is 23.7 Å². The van der Waals surface area contributed by atoms with E-state index in [9.17, 15) is 9.90 Å². The number of hydrogen-bond donors (Lipinski definition) is 1. The van der Waals surface area contributed by atoms with Gasteiger partial charge in [-0.05, 0) is 37.1 Å². The van der Waals surface area contributed by atoms with E-state index < -0.39 is 11.7 Å². The first kappa shape index (κ1) is 22.7. The summed E-state index contributed by atoms with van der Waals surface area (Å²) in [6, 6.07) is 0.206. The van der Waals surface area contributed by atoms with Crippen LogP contribution < -0.4 is 0 Å². The van der Waals surface area contributed by atoms with Gasteiger partial charge in [-0.3, -0.25) is 9.69 Å². The molecule has 1 saturated heterocycles. The standard InChI is InChI=1S/C26H41NO6/c1-7-27-12-24(3)9-8-17(31-5)26-15-10-14-16(30-4)11-25(32-6,18(15)20(14)29)19(23(26)27)21(22(24)26)33-13(2)28/h14-23,29H,7-12H2,1-6H3/t14-,15-,16+,17+,18-,19+,20+,21-,22-,23-,24+,25-,26+/m1/s1. The molecular formula is C26H41NO6. The lowest BCUT2D eigenvalue weighted by molar-refractivity contribution is -0.276. The van der Waals surface area contributed by atoms with E-state index in [1.54, 1.807) is 14.2 Å². The summed E-state index contributed by atoms with van der Waals surface area (Å²) >= 11 is 0. The van der Waals surface area contributed by atoms with Crippen molar-refractivity contribution in [2.45, 2.75) is 82.5 Å². The Labute approximate surface area is 197 Å². The van der Waals surface area contributed by atoms with Gasteiger partial charge in [0.25, 0.3) is 0 Å². The van der Waals surface area contributed by atoms with Crippen LogP contribution in [0.5, 0.6) is 0 Å². The highest BCUT2D eigenvalue weighted by atomic mass is 16.6. The molecule has 0 aromatic rings. The van der Waals surface area contributed by atoms with E-state index >= 15 is 0 Å². The number of aliphatic hydroxyl groups excluding tert-OH is 1. The van der Waals surface area contributed by atoms with Crippen LogP contribution in [0.2, 0.25) is 0 Å². The Morgan fingerprint density at radius 3 is 2.55 bits per heavy atom. The SMILES string of the molecule is CCN1C[C@]2(C)CC[C@H](OC)[C@@]34[C@@H]5C[C@H]6[C@H](O)[C@@H]5[C@](OC)(C[C@@H]6OC)[C@@H]([C@@H](OC(C)=O)[C@H]23)[C@@H]14. The van der Waals surface area contributed by atoms with Gasteiger partial charge in [0.2, 0.25) is 0 Å². The average molecular weight is 464 g/mol. The van der Waals surface area contributed by atoms with Crippen LogP contribution in [0.15, 0.2) is 0 Å². The lowest BCUT2D eigenvalue weighted by atomic mass is 9.43. The van der Waals surface area contributed by atoms with E-state index in [1.165, 1.54) is 6.92 Å². The zero-order valence-electron chi connectivity index (χ0n) is 21.0. The van der Waals surface area contributed by atoms with Gasteiger partial charge in [0.05, 0.1) is 23.9 Å². The monoisotopic (exact) mass is 463 g/mol. The van der Waals surface area contributed by atoms with Crippen molar-refractivity contribution in [1.29, 1.82) is 0 Å². The van der Waals surface area contributed by atoms with Gasteiger partial charge in [-0.1, -0.05) is 13.8 Å². The number of likely N-dealkylation sites (tertiary alicyclic amines) is 1. The second-order valence-corrected chi connectivity index (χ2v) is 12.2. The van der Waals surface area contributed by atoms with Crippen LogP contribution in [0.4, 0.5) is 0 Å². The van der Waals surface area contributed by atoms with Crippen molar-refractivity contribution in [3.05, 3.63) is 0 Å². The fourth-order valence-electron chi connectivity index (χ4n) is 11.1. The minimum atomic E-state index is -0.581. The van der Waals surface area contributed by atoms with Gasteiger partial charge >= 0.3 is 5.97 Å². The van der Waals surface area contributed by atoms with E-state index in [2.05, 4.69) is 18.7 Å². The molecule has 1 N–H and O–H groups in total. The molecule has 5 aliphatic carbocycles. The van der Waals surface area contributed by atoms with Crippen molar-refractivity contribution in [2.75, 3.05) is 34.4 Å². The highest BCUT2D eigenvalue weighted by Crippen LogP contribution is 2.79. The highest BCUT2D eigenvalue weighted by molar-refractivity contribution is 5.66. The molecule has 7 bridgehead atoms. The van der Waals surface area contributed by atoms with Crippen molar-refractivity contribution >= 4 is 5.97 Å². The molecule has 1 aliphatic heterocycles. The topological polar surface area (TPSA) is 77.5 Å². The van der Waals surface area contributed by atoms with E-state index in [0.29, 0.717) is 0 Å². The molecule has 13 atom stereocenters. The van der Waals surface area contributed by atoms with Gasteiger partial charge in [-0.15, -0.1) is 0 Å². The minimum Gasteiger partial charge on any atom is -0.462 e. The molecule has 1 heterocycles. The number of hydrogen-bond acceptors (Lipinski definition) is 7. The molecule has 5 saturated carbocycles. The number of esters is 1. The molecule has 6 fully saturated rings. The summed E-state index contributed by atoms with van der Waals surface area (Å²) in [5, 5.41) is 11.7. The number of aliphatic hydroxyl groups is 1. The van der Waals surface area contributed by atoms with Crippen molar-refractivity contribution < 1.29 is 28.8 Å². The first-order chi connectivity index (χ1) is 15.7. The number of carbonyl (C=O) groups excluding carboxylic acids is 1. The van der Waals surface area contributed by atoms with Crippen molar-refractivity contribution in [3.63, 3.8) is 0 Å². The summed E-state index contributed by atoms with van der Waals surface area (Å²) in [6.45, 7) is 8.17. The predicted octanol–water partition coefficient (Wildman–Crippen LogP) is 2.10. The second-order valence-electron chi connectivity index (χ2n) is 12.2. The van der Waals surface area contributed by atoms with Crippen LogP contribution in [0, 0.1) is 40.4 Å². The molecule has 33 heavy (non-hydrogen) atoms. The molecule has 7 heteroatoms. The highest BCUT2D eigenvalue weighted by Gasteiger charge is 2.86. The van der Waals surface area contributed by atoms with Gasteiger partial charge in [0, 0.05) is 76.3 Å². The Bertz CT molecular complexity index is 838. The number of methoxy groups -OCH3 is 3. The van der Waals surface area contributed by atoms with Crippen molar-refractivity contribution in [1.82, 2.24) is 4.90 Å². The summed E-state index contributed by atoms with van der Waals surface area (Å²) in [5.74, 6) is 0.364. The van der Waals surface area contributed by atoms with Crippen molar-refractivity contribution in [3.8, 4) is 0 Å². The predicted molar refractivity (Wildman–Crippen MR) is 120 cm³/mol. The van der Waals surface area contributed by atoms with Crippen molar-refractivity contribution in [2.24, 2.45) is 40.4 Å². The van der Waals surface area contributed by atoms with Crippen LogP contribution in [0.3, 0.4) is 0 Å². The molecule has 7 nitrogen and oxygen atoms in total. The van der Waals surface area contributed by atoms with Gasteiger partial charge in [0.1, 0.15) is 6.10 Å². The smallest absolute Gasteiger partial charge is 0.302 e. The molecule has 0 aromatic heterocycles. The fourth-order valence-corrected chi connectivity index (χ4v) is 11.1. The average Bonchev–Trinajstić information content (AvgIpc) is 3.17. The maximum atomic E-state index is 12.5. The third kappa shape index (κ3) is 2.37. The summed E-state index contributed by atoms with van der Waals surface area (Å²) in [7, 11) is 5.42. The van der Waals surface area contributed by atoms with Gasteiger partial charge in [-0.2, -0.15) is 0 Å². The van der Waals surface area contributed by atoms with Crippen LogP contribution in [-0.4, -0.2) is 86.5 Å². The molecule has 186 valence electrons. The second kappa shape index (κ2) is 7.16. The normalized spacial score (nSPS) is 58.4. The molecule has 0 amide bonds. The molecule has 0 unspecified atom stereocenters. The Balaban J connectivity index is 1.65. The molecule has 6 aliphatic rings. The number of nitrogens with zero attached hydrogens (tertiary/aromatic N) is 1. The van der Waals surface area contributed by atoms with Gasteiger partial charge in [-0.25, -0.2) is 0 Å². The lowest BCUT2D eigenvalue weighted by Crippen LogP contribution is -2.76. The molecule has 6 rings (SSSR count). The van der Waals surface area contributed by atoms with Gasteiger partial charge in [0.15, 0.2) is 0 Å². The first-order valence-electron chi connectivity index (χ1n) is 12.9. The Hall–Kier alpha value is -0.730. The zero-order valence-corrected chi connectivity index (χ0v) is 21.0. The van der Waals surface area contributed by atoms with E-state index in [4.69, 9.17) is 18.9 Å². The Morgan fingerprint density at radius 1 is 1.18 bits per heavy atom. The number of carbonyl (C=O) groups is 1. The van der Waals surface area contributed by atoms with E-state index in [0.717, 1.165) is 38.8 Å². The number of rotatable bonds is 5. The third-order valence-electron chi connectivity index (χ3n) is 11.5. The zero-order chi connectivity index (χ0) is 23.5.